The molecule has 8 heteroatoms. The predicted octanol–water partition coefficient (Wildman–Crippen LogP) is 4.11. The highest BCUT2D eigenvalue weighted by atomic mass is 16.5. The summed E-state index contributed by atoms with van der Waals surface area (Å²) in [5.41, 5.74) is 1.74. The van der Waals surface area contributed by atoms with Gasteiger partial charge in [-0.05, 0) is 24.6 Å². The Labute approximate surface area is 180 Å². The normalized spacial score (nSPS) is 12.5. The van der Waals surface area contributed by atoms with E-state index in [0.717, 1.165) is 5.56 Å². The Morgan fingerprint density at radius 3 is 2.58 bits per heavy atom. The van der Waals surface area contributed by atoms with Gasteiger partial charge in [0.15, 0.2) is 11.6 Å². The molecule has 158 valence electrons. The SMILES string of the molecule is CC(NC(=O)c1cn(-c2ncccc2-c2nc(C(C)(C)C)no2)cn1)c1ccccc1. The molecule has 0 spiro atoms. The van der Waals surface area contributed by atoms with Crippen LogP contribution in [0.15, 0.2) is 65.7 Å². The van der Waals surface area contributed by atoms with E-state index < -0.39 is 0 Å². The fourth-order valence-electron chi connectivity index (χ4n) is 3.06. The van der Waals surface area contributed by atoms with Crippen LogP contribution in [0.3, 0.4) is 0 Å². The monoisotopic (exact) mass is 416 g/mol. The van der Waals surface area contributed by atoms with E-state index in [9.17, 15) is 4.79 Å². The fourth-order valence-corrected chi connectivity index (χ4v) is 3.06. The Hall–Kier alpha value is -3.81. The van der Waals surface area contributed by atoms with Gasteiger partial charge in [0, 0.05) is 17.8 Å². The summed E-state index contributed by atoms with van der Waals surface area (Å²) in [6.07, 6.45) is 4.85. The Balaban J connectivity index is 1.58. The highest BCUT2D eigenvalue weighted by Gasteiger charge is 2.23. The van der Waals surface area contributed by atoms with Gasteiger partial charge in [-0.15, -0.1) is 0 Å². The summed E-state index contributed by atoms with van der Waals surface area (Å²) in [5.74, 6) is 1.26. The van der Waals surface area contributed by atoms with Crippen LogP contribution in [0, 0.1) is 0 Å². The van der Waals surface area contributed by atoms with Gasteiger partial charge in [-0.2, -0.15) is 4.98 Å². The number of carbonyl (C=O) groups excluding carboxylic acids is 1. The van der Waals surface area contributed by atoms with Crippen LogP contribution in [0.25, 0.3) is 17.3 Å². The van der Waals surface area contributed by atoms with E-state index >= 15 is 0 Å². The van der Waals surface area contributed by atoms with Crippen molar-refractivity contribution >= 4 is 5.91 Å². The number of benzene rings is 1. The van der Waals surface area contributed by atoms with Gasteiger partial charge in [0.25, 0.3) is 11.8 Å². The quantitative estimate of drug-likeness (QED) is 0.526. The van der Waals surface area contributed by atoms with Crippen LogP contribution in [-0.2, 0) is 5.41 Å². The molecule has 0 bridgehead atoms. The van der Waals surface area contributed by atoms with Crippen molar-refractivity contribution in [3.05, 3.63) is 78.3 Å². The summed E-state index contributed by atoms with van der Waals surface area (Å²) in [4.78, 5) is 25.9. The van der Waals surface area contributed by atoms with E-state index in [1.54, 1.807) is 29.4 Å². The molecule has 1 aromatic carbocycles. The smallest absolute Gasteiger partial charge is 0.271 e. The van der Waals surface area contributed by atoms with Crippen LogP contribution in [-0.4, -0.2) is 30.6 Å². The average molecular weight is 416 g/mol. The Kier molecular flexibility index (Phi) is 5.37. The number of amides is 1. The molecular weight excluding hydrogens is 392 g/mol. The molecule has 8 nitrogen and oxygen atoms in total. The summed E-state index contributed by atoms with van der Waals surface area (Å²) in [5, 5.41) is 7.06. The molecule has 1 amide bonds. The van der Waals surface area contributed by atoms with Gasteiger partial charge in [0.2, 0.25) is 0 Å². The lowest BCUT2D eigenvalue weighted by Gasteiger charge is -2.13. The number of nitrogens with one attached hydrogen (secondary N) is 1. The summed E-state index contributed by atoms with van der Waals surface area (Å²) in [7, 11) is 0. The maximum Gasteiger partial charge on any atom is 0.271 e. The molecule has 0 aliphatic heterocycles. The zero-order valence-electron chi connectivity index (χ0n) is 17.9. The molecule has 0 aliphatic carbocycles. The second kappa shape index (κ2) is 8.14. The molecule has 0 fully saturated rings. The second-order valence-electron chi connectivity index (χ2n) is 8.32. The molecule has 3 aromatic heterocycles. The first-order valence-electron chi connectivity index (χ1n) is 10.0. The van der Waals surface area contributed by atoms with E-state index in [0.29, 0.717) is 28.8 Å². The highest BCUT2D eigenvalue weighted by molar-refractivity contribution is 5.92. The van der Waals surface area contributed by atoms with Crippen LogP contribution < -0.4 is 5.32 Å². The fraction of sp³-hybridized carbons (Fsp3) is 0.261. The van der Waals surface area contributed by atoms with Crippen LogP contribution in [0.1, 0.15) is 55.6 Å². The summed E-state index contributed by atoms with van der Waals surface area (Å²) >= 11 is 0. The van der Waals surface area contributed by atoms with Gasteiger partial charge in [0.1, 0.15) is 12.0 Å². The number of nitrogens with zero attached hydrogens (tertiary/aromatic N) is 5. The summed E-state index contributed by atoms with van der Waals surface area (Å²) in [6.45, 7) is 7.98. The standard InChI is InChI=1S/C23H24N6O2/c1-15(16-9-6-5-7-10-16)26-20(30)18-13-29(14-25-18)19-17(11-8-12-24-19)21-27-22(28-31-21)23(2,3)4/h5-15H,1-4H3,(H,26,30). The third-order valence-corrected chi connectivity index (χ3v) is 4.82. The Morgan fingerprint density at radius 2 is 1.87 bits per heavy atom. The van der Waals surface area contributed by atoms with Crippen molar-refractivity contribution in [2.45, 2.75) is 39.2 Å². The zero-order chi connectivity index (χ0) is 22.0. The average Bonchev–Trinajstić information content (AvgIpc) is 3.44. The molecule has 1 unspecified atom stereocenters. The molecule has 4 rings (SSSR count). The van der Waals surface area contributed by atoms with E-state index in [-0.39, 0.29) is 17.4 Å². The number of rotatable bonds is 5. The third kappa shape index (κ3) is 4.37. The number of imidazole rings is 1. The van der Waals surface area contributed by atoms with Crippen LogP contribution in [0.2, 0.25) is 0 Å². The van der Waals surface area contributed by atoms with E-state index in [4.69, 9.17) is 4.52 Å². The van der Waals surface area contributed by atoms with Crippen LogP contribution >= 0.6 is 0 Å². The topological polar surface area (TPSA) is 98.7 Å². The molecule has 0 saturated heterocycles. The van der Waals surface area contributed by atoms with Gasteiger partial charge >= 0.3 is 0 Å². The van der Waals surface area contributed by atoms with E-state index in [2.05, 4.69) is 25.4 Å². The Morgan fingerprint density at radius 1 is 1.10 bits per heavy atom. The lowest BCUT2D eigenvalue weighted by Crippen LogP contribution is -2.26. The van der Waals surface area contributed by atoms with Crippen molar-refractivity contribution in [2.24, 2.45) is 0 Å². The number of hydrogen-bond acceptors (Lipinski definition) is 6. The highest BCUT2D eigenvalue weighted by Crippen LogP contribution is 2.27. The van der Waals surface area contributed by atoms with Gasteiger partial charge in [-0.3, -0.25) is 9.36 Å². The number of aromatic nitrogens is 5. The zero-order valence-corrected chi connectivity index (χ0v) is 17.9. The first-order chi connectivity index (χ1) is 14.8. The first kappa shape index (κ1) is 20.5. The minimum absolute atomic E-state index is 0.140. The second-order valence-corrected chi connectivity index (χ2v) is 8.32. The maximum atomic E-state index is 12.7. The summed E-state index contributed by atoms with van der Waals surface area (Å²) in [6, 6.07) is 13.3. The minimum atomic E-state index is -0.264. The van der Waals surface area contributed by atoms with Crippen molar-refractivity contribution in [2.75, 3.05) is 0 Å². The molecular formula is C23H24N6O2. The molecule has 1 N–H and O–H groups in total. The maximum absolute atomic E-state index is 12.7. The van der Waals surface area contributed by atoms with Crippen molar-refractivity contribution < 1.29 is 9.32 Å². The molecule has 3 heterocycles. The van der Waals surface area contributed by atoms with Gasteiger partial charge < -0.3 is 9.84 Å². The Bertz CT molecular complexity index is 1190. The minimum Gasteiger partial charge on any atom is -0.344 e. The molecule has 31 heavy (non-hydrogen) atoms. The number of hydrogen-bond donors (Lipinski definition) is 1. The van der Waals surface area contributed by atoms with Gasteiger partial charge in [-0.1, -0.05) is 56.3 Å². The van der Waals surface area contributed by atoms with E-state index in [1.807, 2.05) is 64.1 Å². The molecule has 0 radical (unpaired) electrons. The number of carbonyl (C=O) groups is 1. The van der Waals surface area contributed by atoms with Crippen molar-refractivity contribution in [3.8, 4) is 17.3 Å². The lowest BCUT2D eigenvalue weighted by atomic mass is 9.96. The molecule has 4 aromatic rings. The largest absolute Gasteiger partial charge is 0.344 e. The van der Waals surface area contributed by atoms with Crippen molar-refractivity contribution in [1.82, 2.24) is 30.0 Å². The predicted molar refractivity (Wildman–Crippen MR) is 116 cm³/mol. The summed E-state index contributed by atoms with van der Waals surface area (Å²) < 4.78 is 7.16. The lowest BCUT2D eigenvalue weighted by molar-refractivity contribution is 0.0935. The molecule has 0 aliphatic rings. The van der Waals surface area contributed by atoms with Crippen molar-refractivity contribution in [1.29, 1.82) is 0 Å². The first-order valence-corrected chi connectivity index (χ1v) is 10.0. The molecule has 0 saturated carbocycles. The molecule has 1 atom stereocenters. The van der Waals surface area contributed by atoms with Crippen LogP contribution in [0.4, 0.5) is 0 Å². The van der Waals surface area contributed by atoms with E-state index in [1.165, 1.54) is 0 Å². The number of pyridine rings is 1. The van der Waals surface area contributed by atoms with Crippen molar-refractivity contribution in [3.63, 3.8) is 0 Å². The van der Waals surface area contributed by atoms with Crippen LogP contribution in [0.5, 0.6) is 0 Å². The van der Waals surface area contributed by atoms with Gasteiger partial charge in [-0.25, -0.2) is 9.97 Å². The van der Waals surface area contributed by atoms with Gasteiger partial charge in [0.05, 0.1) is 11.6 Å². The third-order valence-electron chi connectivity index (χ3n) is 4.82.